The molecule has 0 radical (unpaired) electrons. The Bertz CT molecular complexity index is 927. The zero-order chi connectivity index (χ0) is 16.4. The Morgan fingerprint density at radius 1 is 1.26 bits per heavy atom. The van der Waals surface area contributed by atoms with Crippen LogP contribution in [-0.4, -0.2) is 17.0 Å². The van der Waals surface area contributed by atoms with Crippen molar-refractivity contribution in [3.63, 3.8) is 0 Å². The quantitative estimate of drug-likeness (QED) is 0.800. The number of amides is 1. The van der Waals surface area contributed by atoms with Crippen LogP contribution in [0.25, 0.3) is 11.1 Å². The predicted octanol–water partition coefficient (Wildman–Crippen LogP) is 2.76. The van der Waals surface area contributed by atoms with E-state index in [1.54, 1.807) is 31.3 Å². The Hall–Kier alpha value is -2.53. The maximum Gasteiger partial charge on any atom is 0.419 e. The van der Waals surface area contributed by atoms with Gasteiger partial charge in [0.2, 0.25) is 0 Å². The SMILES string of the molecule is Cn1c(=O)oc2cc(CCNC(=O)c3ccccc3Cl)ccc21. The number of halogens is 1. The zero-order valence-electron chi connectivity index (χ0n) is 12.5. The molecule has 118 valence electrons. The summed E-state index contributed by atoms with van der Waals surface area (Å²) >= 11 is 5.99. The number of fused-ring (bicyclic) bond motifs is 1. The topological polar surface area (TPSA) is 64.2 Å². The molecule has 5 nitrogen and oxygen atoms in total. The number of rotatable bonds is 4. The summed E-state index contributed by atoms with van der Waals surface area (Å²) in [5.74, 6) is -0.591. The number of oxazole rings is 1. The highest BCUT2D eigenvalue weighted by Gasteiger charge is 2.09. The Morgan fingerprint density at radius 2 is 2.04 bits per heavy atom. The Balaban J connectivity index is 1.66. The lowest BCUT2D eigenvalue weighted by molar-refractivity contribution is 0.0954. The van der Waals surface area contributed by atoms with Crippen molar-refractivity contribution < 1.29 is 9.21 Å². The molecule has 1 heterocycles. The van der Waals surface area contributed by atoms with Crippen LogP contribution in [0.2, 0.25) is 5.02 Å². The third kappa shape index (κ3) is 3.14. The second-order valence-corrected chi connectivity index (χ2v) is 5.62. The number of aromatic nitrogens is 1. The number of benzene rings is 2. The molecule has 6 heteroatoms. The van der Waals surface area contributed by atoms with Crippen LogP contribution >= 0.6 is 11.6 Å². The Kier molecular flexibility index (Phi) is 4.21. The summed E-state index contributed by atoms with van der Waals surface area (Å²) in [5.41, 5.74) is 2.73. The predicted molar refractivity (Wildman–Crippen MR) is 88.9 cm³/mol. The molecule has 1 N–H and O–H groups in total. The summed E-state index contributed by atoms with van der Waals surface area (Å²) in [5, 5.41) is 3.26. The first-order chi connectivity index (χ1) is 11.1. The first kappa shape index (κ1) is 15.4. The minimum Gasteiger partial charge on any atom is -0.408 e. The lowest BCUT2D eigenvalue weighted by Crippen LogP contribution is -2.25. The third-order valence-corrected chi connectivity index (χ3v) is 4.00. The summed E-state index contributed by atoms with van der Waals surface area (Å²) in [6.07, 6.45) is 0.630. The molecule has 0 saturated heterocycles. The highest BCUT2D eigenvalue weighted by molar-refractivity contribution is 6.33. The normalized spacial score (nSPS) is 10.9. The summed E-state index contributed by atoms with van der Waals surface area (Å²) in [7, 11) is 1.66. The van der Waals surface area contributed by atoms with Crippen LogP contribution in [0.5, 0.6) is 0 Å². The zero-order valence-corrected chi connectivity index (χ0v) is 13.3. The van der Waals surface area contributed by atoms with Gasteiger partial charge in [-0.3, -0.25) is 9.36 Å². The second kappa shape index (κ2) is 6.30. The fourth-order valence-electron chi connectivity index (χ4n) is 2.39. The maximum atomic E-state index is 12.1. The van der Waals surface area contributed by atoms with E-state index in [0.717, 1.165) is 11.1 Å². The minimum atomic E-state index is -0.385. The van der Waals surface area contributed by atoms with Gasteiger partial charge in [-0.05, 0) is 36.2 Å². The Morgan fingerprint density at radius 3 is 2.83 bits per heavy atom. The first-order valence-corrected chi connectivity index (χ1v) is 7.55. The van der Waals surface area contributed by atoms with Gasteiger partial charge in [-0.2, -0.15) is 0 Å². The van der Waals surface area contributed by atoms with E-state index in [9.17, 15) is 9.59 Å². The molecule has 0 fully saturated rings. The molecule has 1 aromatic heterocycles. The van der Waals surface area contributed by atoms with E-state index in [1.165, 1.54) is 4.57 Å². The molecule has 0 atom stereocenters. The number of hydrogen-bond donors (Lipinski definition) is 1. The first-order valence-electron chi connectivity index (χ1n) is 7.17. The van der Waals surface area contributed by atoms with Crippen molar-refractivity contribution in [1.29, 1.82) is 0 Å². The van der Waals surface area contributed by atoms with E-state index in [1.807, 2.05) is 18.2 Å². The van der Waals surface area contributed by atoms with Crippen molar-refractivity contribution in [3.8, 4) is 0 Å². The van der Waals surface area contributed by atoms with Crippen molar-refractivity contribution in [2.24, 2.45) is 7.05 Å². The van der Waals surface area contributed by atoms with Gasteiger partial charge in [0.25, 0.3) is 5.91 Å². The van der Waals surface area contributed by atoms with Crippen molar-refractivity contribution in [1.82, 2.24) is 9.88 Å². The van der Waals surface area contributed by atoms with E-state index in [0.29, 0.717) is 29.1 Å². The van der Waals surface area contributed by atoms with Gasteiger partial charge >= 0.3 is 5.76 Å². The monoisotopic (exact) mass is 330 g/mol. The van der Waals surface area contributed by atoms with Crippen LogP contribution in [0.3, 0.4) is 0 Å². The second-order valence-electron chi connectivity index (χ2n) is 5.21. The minimum absolute atomic E-state index is 0.206. The van der Waals surface area contributed by atoms with E-state index in [-0.39, 0.29) is 11.7 Å². The van der Waals surface area contributed by atoms with E-state index in [4.69, 9.17) is 16.0 Å². The molecule has 1 amide bonds. The Labute approximate surface area is 137 Å². The van der Waals surface area contributed by atoms with Crippen LogP contribution in [0.15, 0.2) is 51.7 Å². The smallest absolute Gasteiger partial charge is 0.408 e. The van der Waals surface area contributed by atoms with Gasteiger partial charge < -0.3 is 9.73 Å². The van der Waals surface area contributed by atoms with Crippen molar-refractivity contribution in [2.75, 3.05) is 6.54 Å². The summed E-state index contributed by atoms with van der Waals surface area (Å²) in [6, 6.07) is 12.5. The van der Waals surface area contributed by atoms with E-state index in [2.05, 4.69) is 5.32 Å². The van der Waals surface area contributed by atoms with Crippen LogP contribution in [0.4, 0.5) is 0 Å². The average molecular weight is 331 g/mol. The highest BCUT2D eigenvalue weighted by Crippen LogP contribution is 2.16. The number of carbonyl (C=O) groups excluding carboxylic acids is 1. The fraction of sp³-hybridized carbons (Fsp3) is 0.176. The number of aryl methyl sites for hydroxylation is 1. The molecule has 0 unspecified atom stereocenters. The van der Waals surface area contributed by atoms with Crippen molar-refractivity contribution in [2.45, 2.75) is 6.42 Å². The number of nitrogens with one attached hydrogen (secondary N) is 1. The molecule has 0 saturated carbocycles. The molecule has 0 aliphatic heterocycles. The fourth-order valence-corrected chi connectivity index (χ4v) is 2.62. The van der Waals surface area contributed by atoms with Gasteiger partial charge in [0, 0.05) is 13.6 Å². The van der Waals surface area contributed by atoms with Crippen molar-refractivity contribution >= 4 is 28.6 Å². The lowest BCUT2D eigenvalue weighted by atomic mass is 10.1. The highest BCUT2D eigenvalue weighted by atomic mass is 35.5. The molecule has 0 bridgehead atoms. The van der Waals surface area contributed by atoms with Gasteiger partial charge in [-0.1, -0.05) is 29.8 Å². The third-order valence-electron chi connectivity index (χ3n) is 3.67. The summed E-state index contributed by atoms with van der Waals surface area (Å²) in [4.78, 5) is 23.5. The molecule has 2 aromatic carbocycles. The molecule has 0 aliphatic rings. The number of nitrogens with zero attached hydrogens (tertiary/aromatic N) is 1. The maximum absolute atomic E-state index is 12.1. The van der Waals surface area contributed by atoms with Crippen LogP contribution < -0.4 is 11.1 Å². The molecular weight excluding hydrogens is 316 g/mol. The molecular formula is C17H15ClN2O3. The number of carbonyl (C=O) groups is 1. The van der Waals surface area contributed by atoms with Crippen molar-refractivity contribution in [3.05, 3.63) is 69.2 Å². The van der Waals surface area contributed by atoms with Crippen LogP contribution in [0, 0.1) is 0 Å². The molecule has 3 aromatic rings. The van der Waals surface area contributed by atoms with Gasteiger partial charge in [0.15, 0.2) is 5.58 Å². The average Bonchev–Trinajstić information content (AvgIpc) is 2.82. The van der Waals surface area contributed by atoms with E-state index < -0.39 is 0 Å². The molecule has 3 rings (SSSR count). The van der Waals surface area contributed by atoms with Crippen LogP contribution in [-0.2, 0) is 13.5 Å². The van der Waals surface area contributed by atoms with Gasteiger partial charge in [0.05, 0.1) is 16.1 Å². The van der Waals surface area contributed by atoms with E-state index >= 15 is 0 Å². The number of hydrogen-bond acceptors (Lipinski definition) is 3. The van der Waals surface area contributed by atoms with Gasteiger partial charge in [-0.25, -0.2) is 4.79 Å². The standard InChI is InChI=1S/C17H15ClN2O3/c1-20-14-7-6-11(10-15(14)23-17(20)22)8-9-19-16(21)12-4-2-3-5-13(12)18/h2-7,10H,8-9H2,1H3,(H,19,21). The lowest BCUT2D eigenvalue weighted by Gasteiger charge is -2.06. The van der Waals surface area contributed by atoms with Gasteiger partial charge in [0.1, 0.15) is 0 Å². The molecule has 0 spiro atoms. The molecule has 23 heavy (non-hydrogen) atoms. The van der Waals surface area contributed by atoms with Gasteiger partial charge in [-0.15, -0.1) is 0 Å². The molecule has 0 aliphatic carbocycles. The summed E-state index contributed by atoms with van der Waals surface area (Å²) in [6.45, 7) is 0.465. The largest absolute Gasteiger partial charge is 0.419 e. The van der Waals surface area contributed by atoms with Crippen LogP contribution in [0.1, 0.15) is 15.9 Å². The summed E-state index contributed by atoms with van der Waals surface area (Å²) < 4.78 is 6.61.